The lowest BCUT2D eigenvalue weighted by molar-refractivity contribution is -0.116. The molecule has 1 aromatic carbocycles. The van der Waals surface area contributed by atoms with Crippen LogP contribution in [-0.4, -0.2) is 29.2 Å². The highest BCUT2D eigenvalue weighted by Crippen LogP contribution is 2.36. The van der Waals surface area contributed by atoms with E-state index in [1.807, 2.05) is 27.7 Å². The Labute approximate surface area is 120 Å². The minimum absolute atomic E-state index is 0.00590. The van der Waals surface area contributed by atoms with Gasteiger partial charge in [0.25, 0.3) is 0 Å². The molecule has 0 aromatic heterocycles. The Balaban J connectivity index is 2.29. The molecule has 0 bridgehead atoms. The van der Waals surface area contributed by atoms with E-state index in [4.69, 9.17) is 9.31 Å². The van der Waals surface area contributed by atoms with Crippen LogP contribution in [0.1, 0.15) is 40.2 Å². The molecule has 1 fully saturated rings. The molecule has 0 atom stereocenters. The highest BCUT2D eigenvalue weighted by atomic mass is 16.7. The topological polar surface area (TPSA) is 55.8 Å². The lowest BCUT2D eigenvalue weighted by Crippen LogP contribution is -2.41. The zero-order valence-electron chi connectivity index (χ0n) is 12.7. The predicted octanol–water partition coefficient (Wildman–Crippen LogP) is 1.82. The summed E-state index contributed by atoms with van der Waals surface area (Å²) in [4.78, 5) is 11.2. The van der Waals surface area contributed by atoms with Gasteiger partial charge in [-0.15, -0.1) is 0 Å². The highest BCUT2D eigenvalue weighted by molar-refractivity contribution is 6.62. The molecule has 1 saturated heterocycles. The van der Waals surface area contributed by atoms with E-state index < -0.39 is 18.3 Å². The lowest BCUT2D eigenvalue weighted by atomic mass is 9.78. The number of phenolic OH excluding ortho intramolecular Hbond substituents is 1. The summed E-state index contributed by atoms with van der Waals surface area (Å²) in [6.45, 7) is 9.46. The molecule has 1 aromatic rings. The van der Waals surface area contributed by atoms with E-state index in [0.29, 0.717) is 5.56 Å². The second-order valence-corrected chi connectivity index (χ2v) is 6.36. The second-order valence-electron chi connectivity index (χ2n) is 6.36. The first kappa shape index (κ1) is 15.1. The fraction of sp³-hybridized carbons (Fsp3) is 0.533. The molecule has 0 saturated carbocycles. The van der Waals surface area contributed by atoms with Gasteiger partial charge in [-0.05, 0) is 46.1 Å². The third-order valence-electron chi connectivity index (χ3n) is 4.07. The molecule has 20 heavy (non-hydrogen) atoms. The quantitative estimate of drug-likeness (QED) is 0.856. The number of carbonyl (C=O) groups is 1. The molecule has 2 rings (SSSR count). The first-order valence-electron chi connectivity index (χ1n) is 6.79. The average Bonchev–Trinajstić information content (AvgIpc) is 2.50. The van der Waals surface area contributed by atoms with Gasteiger partial charge in [0, 0.05) is 12.0 Å². The van der Waals surface area contributed by atoms with Gasteiger partial charge in [0.15, 0.2) is 0 Å². The van der Waals surface area contributed by atoms with Crippen LogP contribution in [0.25, 0.3) is 0 Å². The third kappa shape index (κ3) is 2.74. The SMILES string of the molecule is CC(=O)Cc1cc(B2OC(C)(C)C(C)(C)O2)ccc1O. The van der Waals surface area contributed by atoms with Crippen molar-refractivity contribution in [1.29, 1.82) is 0 Å². The van der Waals surface area contributed by atoms with Crippen LogP contribution >= 0.6 is 0 Å². The van der Waals surface area contributed by atoms with E-state index >= 15 is 0 Å². The second kappa shape index (κ2) is 4.90. The van der Waals surface area contributed by atoms with Crippen molar-refractivity contribution in [2.45, 2.75) is 52.2 Å². The van der Waals surface area contributed by atoms with Crippen molar-refractivity contribution < 1.29 is 19.2 Å². The molecule has 0 spiro atoms. The van der Waals surface area contributed by atoms with Gasteiger partial charge in [0.2, 0.25) is 0 Å². The van der Waals surface area contributed by atoms with Crippen molar-refractivity contribution in [2.24, 2.45) is 0 Å². The third-order valence-corrected chi connectivity index (χ3v) is 4.07. The summed E-state index contributed by atoms with van der Waals surface area (Å²) in [7, 11) is -0.480. The zero-order valence-corrected chi connectivity index (χ0v) is 12.7. The normalized spacial score (nSPS) is 20.1. The van der Waals surface area contributed by atoms with Crippen molar-refractivity contribution >= 4 is 18.4 Å². The van der Waals surface area contributed by atoms with Crippen LogP contribution in [0.15, 0.2) is 18.2 Å². The van der Waals surface area contributed by atoms with Gasteiger partial charge in [-0.1, -0.05) is 12.1 Å². The summed E-state index contributed by atoms with van der Waals surface area (Å²) in [5, 5.41) is 9.80. The number of phenols is 1. The Morgan fingerprint density at radius 3 is 2.25 bits per heavy atom. The summed E-state index contributed by atoms with van der Waals surface area (Å²) in [6, 6.07) is 5.12. The molecule has 0 unspecified atom stereocenters. The van der Waals surface area contributed by atoms with Gasteiger partial charge in [0.1, 0.15) is 11.5 Å². The van der Waals surface area contributed by atoms with Crippen molar-refractivity contribution in [3.05, 3.63) is 23.8 Å². The van der Waals surface area contributed by atoms with Gasteiger partial charge in [-0.2, -0.15) is 0 Å². The minimum atomic E-state index is -0.480. The molecular formula is C15H21BO4. The molecule has 1 N–H and O–H groups in total. The zero-order chi connectivity index (χ0) is 15.1. The molecule has 1 aliphatic rings. The van der Waals surface area contributed by atoms with E-state index in [2.05, 4.69) is 0 Å². The molecule has 0 amide bonds. The first-order valence-corrected chi connectivity index (χ1v) is 6.79. The standard InChI is InChI=1S/C15H21BO4/c1-10(17)8-11-9-12(6-7-13(11)18)16-19-14(2,3)15(4,5)20-16/h6-7,9,18H,8H2,1-5H3. The van der Waals surface area contributed by atoms with Gasteiger partial charge in [-0.3, -0.25) is 4.79 Å². The van der Waals surface area contributed by atoms with Crippen LogP contribution in [0.2, 0.25) is 0 Å². The first-order chi connectivity index (χ1) is 9.12. The van der Waals surface area contributed by atoms with E-state index in [0.717, 1.165) is 5.46 Å². The maximum atomic E-state index is 11.2. The van der Waals surface area contributed by atoms with Gasteiger partial charge < -0.3 is 14.4 Å². The summed E-state index contributed by atoms with van der Waals surface area (Å²) < 4.78 is 11.9. The number of rotatable bonds is 3. The number of carbonyl (C=O) groups excluding carboxylic acids is 1. The number of hydrogen-bond acceptors (Lipinski definition) is 4. The molecule has 0 aliphatic carbocycles. The highest BCUT2D eigenvalue weighted by Gasteiger charge is 2.51. The summed E-state index contributed by atoms with van der Waals surface area (Å²) >= 11 is 0. The molecule has 0 radical (unpaired) electrons. The number of Topliss-reactive ketones (excluding diaryl/α,β-unsaturated/α-hetero) is 1. The minimum Gasteiger partial charge on any atom is -0.508 e. The summed E-state index contributed by atoms with van der Waals surface area (Å²) in [6.07, 6.45) is 0.208. The Morgan fingerprint density at radius 2 is 1.75 bits per heavy atom. The largest absolute Gasteiger partial charge is 0.508 e. The average molecular weight is 276 g/mol. The Morgan fingerprint density at radius 1 is 1.20 bits per heavy atom. The van der Waals surface area contributed by atoms with Crippen LogP contribution in [0.4, 0.5) is 0 Å². The van der Waals surface area contributed by atoms with Gasteiger partial charge >= 0.3 is 7.12 Å². The molecule has 108 valence electrons. The maximum Gasteiger partial charge on any atom is 0.494 e. The molecule has 5 heteroatoms. The predicted molar refractivity (Wildman–Crippen MR) is 78.2 cm³/mol. The van der Waals surface area contributed by atoms with Crippen LogP contribution in [0.3, 0.4) is 0 Å². The summed E-state index contributed by atoms with van der Waals surface area (Å²) in [5.74, 6) is 0.131. The number of ketones is 1. The molecule has 1 heterocycles. The van der Waals surface area contributed by atoms with E-state index in [-0.39, 0.29) is 18.0 Å². The fourth-order valence-electron chi connectivity index (χ4n) is 2.14. The van der Waals surface area contributed by atoms with E-state index in [9.17, 15) is 9.90 Å². The van der Waals surface area contributed by atoms with E-state index in [1.54, 1.807) is 18.2 Å². The van der Waals surface area contributed by atoms with Gasteiger partial charge in [-0.25, -0.2) is 0 Å². The van der Waals surface area contributed by atoms with Crippen LogP contribution in [-0.2, 0) is 20.5 Å². The molecular weight excluding hydrogens is 255 g/mol. The number of aromatic hydroxyl groups is 1. The Hall–Kier alpha value is -1.33. The molecule has 1 aliphatic heterocycles. The van der Waals surface area contributed by atoms with Crippen molar-refractivity contribution in [3.8, 4) is 5.75 Å². The van der Waals surface area contributed by atoms with Crippen molar-refractivity contribution in [1.82, 2.24) is 0 Å². The smallest absolute Gasteiger partial charge is 0.494 e. The summed E-state index contributed by atoms with van der Waals surface area (Å²) in [5.41, 5.74) is 0.606. The van der Waals surface area contributed by atoms with Crippen molar-refractivity contribution in [3.63, 3.8) is 0 Å². The number of benzene rings is 1. The van der Waals surface area contributed by atoms with Crippen LogP contribution < -0.4 is 5.46 Å². The molecule has 4 nitrogen and oxygen atoms in total. The number of hydrogen-bond donors (Lipinski definition) is 1. The van der Waals surface area contributed by atoms with Crippen molar-refractivity contribution in [2.75, 3.05) is 0 Å². The van der Waals surface area contributed by atoms with Crippen LogP contribution in [0, 0.1) is 0 Å². The Bertz CT molecular complexity index is 521. The Kier molecular flexibility index (Phi) is 3.69. The lowest BCUT2D eigenvalue weighted by Gasteiger charge is -2.32. The van der Waals surface area contributed by atoms with Crippen LogP contribution in [0.5, 0.6) is 5.75 Å². The van der Waals surface area contributed by atoms with Gasteiger partial charge in [0.05, 0.1) is 11.2 Å². The fourth-order valence-corrected chi connectivity index (χ4v) is 2.14. The van der Waals surface area contributed by atoms with E-state index in [1.165, 1.54) is 6.92 Å². The maximum absolute atomic E-state index is 11.2. The monoisotopic (exact) mass is 276 g/mol.